The normalized spacial score (nSPS) is 13.4. The summed E-state index contributed by atoms with van der Waals surface area (Å²) in [5.41, 5.74) is 0. The first-order valence-electron chi connectivity index (χ1n) is 9.74. The van der Waals surface area contributed by atoms with Crippen molar-refractivity contribution in [2.75, 3.05) is 63.0 Å². The molecule has 0 atom stereocenters. The molecule has 0 aliphatic rings. The lowest BCUT2D eigenvalue weighted by Gasteiger charge is -2.31. The molecular weight excluding hydrogens is 658 g/mol. The van der Waals surface area contributed by atoms with E-state index in [-0.39, 0.29) is 49.9 Å². The Hall–Kier alpha value is 1.03. The molecule has 0 saturated carbocycles. The molecule has 0 saturated heterocycles. The topological polar surface area (TPSA) is 227 Å². The monoisotopic (exact) mass is 684 g/mol. The first-order chi connectivity index (χ1) is 16.6. The third-order valence-electron chi connectivity index (χ3n) is 3.79. The first-order valence-corrected chi connectivity index (χ1v) is 18.5. The van der Waals surface area contributed by atoms with Crippen LogP contribution in [0.1, 0.15) is 0 Å². The molecule has 23 heteroatoms. The van der Waals surface area contributed by atoms with Crippen LogP contribution < -0.4 is 10.6 Å². The van der Waals surface area contributed by atoms with Crippen LogP contribution in [0.4, 0.5) is 4.79 Å². The predicted octanol–water partition coefficient (Wildman–Crippen LogP) is 2.70. The van der Waals surface area contributed by atoms with E-state index in [1.165, 1.54) is 0 Å². The van der Waals surface area contributed by atoms with Crippen molar-refractivity contribution in [3.05, 3.63) is 0 Å². The van der Waals surface area contributed by atoms with Crippen molar-refractivity contribution in [1.82, 2.24) is 10.6 Å². The summed E-state index contributed by atoms with van der Waals surface area (Å²) in [6, 6.07) is -1.24. The van der Waals surface area contributed by atoms with Crippen LogP contribution in [0.3, 0.4) is 0 Å². The van der Waals surface area contributed by atoms with Gasteiger partial charge in [0.1, 0.15) is 0 Å². The summed E-state index contributed by atoms with van der Waals surface area (Å²) in [4.78, 5) is 48.9. The van der Waals surface area contributed by atoms with Crippen LogP contribution in [-0.2, 0) is 36.4 Å². The third-order valence-corrected chi connectivity index (χ3v) is 13.8. The van der Waals surface area contributed by atoms with Crippen LogP contribution in [0, 0.1) is 0 Å². The third kappa shape index (κ3) is 13.4. The summed E-state index contributed by atoms with van der Waals surface area (Å²) in [7, 11) is -19.6. The van der Waals surface area contributed by atoms with Crippen LogP contribution in [0.15, 0.2) is 0 Å². The lowest BCUT2D eigenvalue weighted by molar-refractivity contribution is 0.196. The highest BCUT2D eigenvalue weighted by Gasteiger charge is 2.51. The quantitative estimate of drug-likeness (QED) is 0.0801. The van der Waals surface area contributed by atoms with Gasteiger partial charge in [-0.2, -0.15) is 0 Å². The summed E-state index contributed by atoms with van der Waals surface area (Å²) < 4.78 is 70.9. The second-order valence-electron chi connectivity index (χ2n) is 6.40. The SMILES string of the molecule is O=C(NCC(P(=O)(O)O)P(=O)(O)O)NCC(P(=O)(OCCCl)OCCCl)P(=O)(OCCCl)OCCCl. The summed E-state index contributed by atoms with van der Waals surface area (Å²) in [6.45, 7) is -3.33. The van der Waals surface area contributed by atoms with Gasteiger partial charge in [0.2, 0.25) is 0 Å². The lowest BCUT2D eigenvalue weighted by atomic mass is 10.7. The molecule has 15 nitrogen and oxygen atoms in total. The molecule has 0 aliphatic heterocycles. The fourth-order valence-electron chi connectivity index (χ4n) is 2.33. The zero-order chi connectivity index (χ0) is 28.0. The number of amides is 2. The van der Waals surface area contributed by atoms with E-state index < -0.39 is 60.3 Å². The molecule has 36 heavy (non-hydrogen) atoms. The zero-order valence-corrected chi connectivity index (χ0v) is 25.1. The van der Waals surface area contributed by atoms with Gasteiger partial charge >= 0.3 is 36.4 Å². The van der Waals surface area contributed by atoms with Crippen molar-refractivity contribution in [1.29, 1.82) is 0 Å². The van der Waals surface area contributed by atoms with Gasteiger partial charge < -0.3 is 48.3 Å². The molecule has 0 aromatic carbocycles. The Morgan fingerprint density at radius 3 is 1.14 bits per heavy atom. The Kier molecular flexibility index (Phi) is 18.2. The lowest BCUT2D eigenvalue weighted by Crippen LogP contribution is -2.43. The number of alkyl halides is 4. The fourth-order valence-corrected chi connectivity index (χ4v) is 10.3. The Balaban J connectivity index is 5.98. The highest BCUT2D eigenvalue weighted by molar-refractivity contribution is 7.73. The molecule has 0 heterocycles. The van der Waals surface area contributed by atoms with Crippen molar-refractivity contribution in [2.45, 2.75) is 10.8 Å². The van der Waals surface area contributed by atoms with Gasteiger partial charge in [-0.15, -0.1) is 46.4 Å². The van der Waals surface area contributed by atoms with Crippen molar-refractivity contribution < 1.29 is 60.7 Å². The van der Waals surface area contributed by atoms with Crippen molar-refractivity contribution in [2.24, 2.45) is 0 Å². The average Bonchev–Trinajstić information content (AvgIpc) is 2.77. The molecule has 216 valence electrons. The Morgan fingerprint density at radius 2 is 0.889 bits per heavy atom. The Morgan fingerprint density at radius 1 is 0.611 bits per heavy atom. The highest BCUT2D eigenvalue weighted by Crippen LogP contribution is 2.70. The van der Waals surface area contributed by atoms with E-state index >= 15 is 0 Å². The van der Waals surface area contributed by atoms with Crippen molar-refractivity contribution in [3.63, 3.8) is 0 Å². The van der Waals surface area contributed by atoms with E-state index in [4.69, 9.17) is 84.1 Å². The summed E-state index contributed by atoms with van der Waals surface area (Å²) in [6.07, 6.45) is 0. The summed E-state index contributed by atoms with van der Waals surface area (Å²) >= 11 is 22.4. The smallest absolute Gasteiger partial charge is 0.337 e. The van der Waals surface area contributed by atoms with E-state index in [0.29, 0.717) is 0 Å². The number of carbonyl (C=O) groups is 1. The van der Waals surface area contributed by atoms with Crippen molar-refractivity contribution in [3.8, 4) is 0 Å². The number of hydrogen-bond acceptors (Lipinski definition) is 9. The molecular formula is C13H28Cl4N2O13P4. The van der Waals surface area contributed by atoms with Gasteiger partial charge in [0, 0.05) is 36.6 Å². The van der Waals surface area contributed by atoms with E-state index in [0.717, 1.165) is 0 Å². The molecule has 0 fully saturated rings. The van der Waals surface area contributed by atoms with E-state index in [1.54, 1.807) is 0 Å². The minimum atomic E-state index is -5.32. The number of carbonyl (C=O) groups excluding carboxylic acids is 1. The standard InChI is InChI=1S/C13H28Cl4N2O13P4/c14-1-5-29-35(27,30-6-2-15)12(36(28,31-7-3-16)32-8-4-17)10-19-13(20)18-9-11(33(21,22)23)34(24,25)26/h11-12H,1-10H2,(H2,18,19,20)(H2,21,22,23)(H2,24,25,26). The molecule has 0 aromatic rings. The summed E-state index contributed by atoms with van der Waals surface area (Å²) in [5.74, 6) is -0.625. The molecule has 0 bridgehead atoms. The highest BCUT2D eigenvalue weighted by atomic mass is 35.5. The second kappa shape index (κ2) is 17.7. The number of urea groups is 1. The van der Waals surface area contributed by atoms with Gasteiger partial charge in [0.25, 0.3) is 0 Å². The largest absolute Gasteiger partial charge is 0.347 e. The van der Waals surface area contributed by atoms with E-state index in [9.17, 15) is 23.1 Å². The van der Waals surface area contributed by atoms with Crippen molar-refractivity contribution >= 4 is 82.8 Å². The van der Waals surface area contributed by atoms with Gasteiger partial charge in [0.05, 0.1) is 26.4 Å². The molecule has 0 spiro atoms. The van der Waals surface area contributed by atoms with Crippen LogP contribution >= 0.6 is 76.8 Å². The maximum absolute atomic E-state index is 13.6. The van der Waals surface area contributed by atoms with Gasteiger partial charge in [-0.1, -0.05) is 0 Å². The molecule has 6 N–H and O–H groups in total. The minimum absolute atomic E-state index is 0.156. The molecule has 0 unspecified atom stereocenters. The zero-order valence-electron chi connectivity index (χ0n) is 18.5. The van der Waals surface area contributed by atoms with Crippen LogP contribution in [-0.4, -0.2) is 99.4 Å². The van der Waals surface area contributed by atoms with Gasteiger partial charge in [-0.25, -0.2) is 4.79 Å². The molecule has 0 aromatic heterocycles. The maximum Gasteiger partial charge on any atom is 0.347 e. The van der Waals surface area contributed by atoms with E-state index in [1.807, 2.05) is 5.32 Å². The van der Waals surface area contributed by atoms with Crippen LogP contribution in [0.25, 0.3) is 0 Å². The average molecular weight is 686 g/mol. The predicted molar refractivity (Wildman–Crippen MR) is 135 cm³/mol. The second-order valence-corrected chi connectivity index (χ2v) is 16.8. The maximum atomic E-state index is 13.6. The van der Waals surface area contributed by atoms with Gasteiger partial charge in [-0.05, 0) is 0 Å². The van der Waals surface area contributed by atoms with Crippen LogP contribution in [0.5, 0.6) is 0 Å². The molecule has 2 amide bonds. The first kappa shape index (κ1) is 37.0. The number of nitrogens with one attached hydrogen (secondary N) is 2. The van der Waals surface area contributed by atoms with Gasteiger partial charge in [0.15, 0.2) is 10.8 Å². The van der Waals surface area contributed by atoms with E-state index in [2.05, 4.69) is 5.32 Å². The Labute approximate surface area is 227 Å². The molecule has 0 rings (SSSR count). The molecule has 0 aliphatic carbocycles. The summed E-state index contributed by atoms with van der Waals surface area (Å²) in [5, 5.41) is -0.381. The fraction of sp³-hybridized carbons (Fsp3) is 0.923. The van der Waals surface area contributed by atoms with Crippen LogP contribution in [0.2, 0.25) is 0 Å². The number of halogens is 4. The number of rotatable bonds is 20. The van der Waals surface area contributed by atoms with Gasteiger partial charge in [-0.3, -0.25) is 18.3 Å². The number of hydrogen-bond donors (Lipinski definition) is 6. The molecule has 0 radical (unpaired) electrons. The Bertz CT molecular complexity index is 780. The minimum Gasteiger partial charge on any atom is -0.337 e.